The van der Waals surface area contributed by atoms with E-state index < -0.39 is 0 Å². The number of imidazole rings is 1. The second kappa shape index (κ2) is 13.8. The second-order valence-corrected chi connectivity index (χ2v) is 8.31. The Morgan fingerprint density at radius 1 is 0.875 bits per heavy atom. The van der Waals surface area contributed by atoms with E-state index in [-0.39, 0.29) is 5.91 Å². The predicted molar refractivity (Wildman–Crippen MR) is 126 cm³/mol. The number of nitrogens with zero attached hydrogens (tertiary/aromatic N) is 4. The summed E-state index contributed by atoms with van der Waals surface area (Å²) in [5.74, 6) is -0.192. The van der Waals surface area contributed by atoms with Crippen LogP contribution in [0, 0.1) is 0 Å². The zero-order valence-electron chi connectivity index (χ0n) is 18.5. The lowest BCUT2D eigenvalue weighted by atomic mass is 10.1. The molecule has 0 spiro atoms. The van der Waals surface area contributed by atoms with Crippen LogP contribution in [-0.4, -0.2) is 32.0 Å². The van der Waals surface area contributed by atoms with Gasteiger partial charge in [0.25, 0.3) is 5.91 Å². The van der Waals surface area contributed by atoms with Crippen LogP contribution in [-0.2, 0) is 11.4 Å². The normalized spacial score (nSPS) is 11.2. The van der Waals surface area contributed by atoms with Gasteiger partial charge < -0.3 is 4.57 Å². The van der Waals surface area contributed by atoms with Gasteiger partial charge in [0.1, 0.15) is 11.8 Å². The van der Waals surface area contributed by atoms with Crippen LogP contribution >= 0.6 is 11.6 Å². The van der Waals surface area contributed by atoms with Crippen molar-refractivity contribution in [1.82, 2.24) is 25.0 Å². The zero-order chi connectivity index (χ0) is 22.4. The molecule has 32 heavy (non-hydrogen) atoms. The number of amides is 1. The topological polar surface area (TPSA) is 81.9 Å². The lowest BCUT2D eigenvalue weighted by Crippen LogP contribution is -2.24. The molecule has 0 radical (unpaired) electrons. The summed E-state index contributed by atoms with van der Waals surface area (Å²) in [6.45, 7) is 1.47. The molecule has 3 rings (SSSR count). The van der Waals surface area contributed by atoms with Crippen LogP contribution in [0.15, 0.2) is 43.0 Å². The average molecular weight is 458 g/mol. The summed E-state index contributed by atoms with van der Waals surface area (Å²) in [6.07, 6.45) is 15.3. The van der Waals surface area contributed by atoms with Gasteiger partial charge in [-0.25, -0.2) is 20.4 Å². The van der Waals surface area contributed by atoms with Gasteiger partial charge in [-0.15, -0.1) is 0 Å². The molecule has 0 fully saturated rings. The van der Waals surface area contributed by atoms with Crippen molar-refractivity contribution < 1.29 is 9.63 Å². The van der Waals surface area contributed by atoms with Crippen LogP contribution in [0.3, 0.4) is 0 Å². The lowest BCUT2D eigenvalue weighted by Gasteiger charge is -2.06. The van der Waals surface area contributed by atoms with Crippen LogP contribution in [0.25, 0.3) is 11.2 Å². The minimum Gasteiger partial charge on any atom is -0.315 e. The molecule has 0 atom stereocenters. The summed E-state index contributed by atoms with van der Waals surface area (Å²) in [4.78, 5) is 29.6. The van der Waals surface area contributed by atoms with E-state index in [1.807, 2.05) is 18.2 Å². The lowest BCUT2D eigenvalue weighted by molar-refractivity contribution is 0.0297. The Kier molecular flexibility index (Phi) is 10.4. The number of hydrogen-bond acceptors (Lipinski definition) is 5. The molecule has 0 aliphatic rings. The summed E-state index contributed by atoms with van der Waals surface area (Å²) in [5, 5.41) is 0.413. The number of unbranched alkanes of at least 4 members (excludes halogenated alkanes) is 9. The van der Waals surface area contributed by atoms with E-state index in [0.29, 0.717) is 22.8 Å². The molecule has 0 unspecified atom stereocenters. The summed E-state index contributed by atoms with van der Waals surface area (Å²) in [6, 6.07) is 9.10. The molecule has 1 aromatic carbocycles. The minimum absolute atomic E-state index is 0.192. The van der Waals surface area contributed by atoms with E-state index in [0.717, 1.165) is 31.5 Å². The number of rotatable bonds is 15. The van der Waals surface area contributed by atoms with E-state index in [1.54, 1.807) is 18.5 Å². The molecule has 1 amide bonds. The molecule has 7 nitrogen and oxygen atoms in total. The number of aromatic nitrogens is 4. The van der Waals surface area contributed by atoms with E-state index in [1.165, 1.54) is 51.3 Å². The number of carbonyl (C=O) groups is 1. The predicted octanol–water partition coefficient (Wildman–Crippen LogP) is 5.74. The van der Waals surface area contributed by atoms with Gasteiger partial charge in [0.2, 0.25) is 0 Å². The molecule has 1 N–H and O–H groups in total. The number of fused-ring (bicyclic) bond motifs is 1. The second-order valence-electron chi connectivity index (χ2n) is 7.96. The van der Waals surface area contributed by atoms with Crippen molar-refractivity contribution in [3.8, 4) is 0 Å². The van der Waals surface area contributed by atoms with Crippen LogP contribution < -0.4 is 5.48 Å². The summed E-state index contributed by atoms with van der Waals surface area (Å²) < 4.78 is 2.06. The highest BCUT2D eigenvalue weighted by atomic mass is 35.5. The first-order chi connectivity index (χ1) is 15.8. The van der Waals surface area contributed by atoms with Gasteiger partial charge >= 0.3 is 0 Å². The number of hydroxylamine groups is 1. The van der Waals surface area contributed by atoms with Gasteiger partial charge in [-0.3, -0.25) is 9.63 Å². The average Bonchev–Trinajstić information content (AvgIpc) is 3.24. The molecule has 0 saturated carbocycles. The number of benzene rings is 1. The molecule has 172 valence electrons. The number of nitrogens with one attached hydrogen (secondary N) is 1. The molecule has 2 aromatic heterocycles. The van der Waals surface area contributed by atoms with Gasteiger partial charge in [-0.2, -0.15) is 0 Å². The molecule has 8 heteroatoms. The fourth-order valence-electron chi connectivity index (χ4n) is 3.65. The van der Waals surface area contributed by atoms with Crippen LogP contribution in [0.4, 0.5) is 0 Å². The van der Waals surface area contributed by atoms with Crippen LogP contribution in [0.2, 0.25) is 5.15 Å². The third-order valence-electron chi connectivity index (χ3n) is 5.45. The molecule has 0 saturated heterocycles. The third kappa shape index (κ3) is 7.88. The van der Waals surface area contributed by atoms with Crippen LogP contribution in [0.5, 0.6) is 0 Å². The third-order valence-corrected chi connectivity index (χ3v) is 5.73. The zero-order valence-corrected chi connectivity index (χ0v) is 19.3. The summed E-state index contributed by atoms with van der Waals surface area (Å²) >= 11 is 6.04. The minimum atomic E-state index is -0.192. The first-order valence-corrected chi connectivity index (χ1v) is 11.9. The van der Waals surface area contributed by atoms with Gasteiger partial charge in [0.05, 0.1) is 12.9 Å². The fourth-order valence-corrected chi connectivity index (χ4v) is 3.83. The Hall–Kier alpha value is -2.51. The Morgan fingerprint density at radius 2 is 1.53 bits per heavy atom. The maximum atomic E-state index is 11.8. The van der Waals surface area contributed by atoms with Gasteiger partial charge in [0, 0.05) is 12.1 Å². The molecular formula is C24H32ClN5O2. The molecular weight excluding hydrogens is 426 g/mol. The highest BCUT2D eigenvalue weighted by Crippen LogP contribution is 2.18. The number of hydrogen-bond donors (Lipinski definition) is 1. The Labute approximate surface area is 194 Å². The van der Waals surface area contributed by atoms with Crippen molar-refractivity contribution in [2.24, 2.45) is 0 Å². The Bertz CT molecular complexity index is 948. The highest BCUT2D eigenvalue weighted by molar-refractivity contribution is 6.33. The highest BCUT2D eigenvalue weighted by Gasteiger charge is 2.07. The SMILES string of the molecule is O=C(NOCCCCCCCCCCCCn1cnc2c(Cl)ncnc21)c1ccccc1. The van der Waals surface area contributed by atoms with E-state index in [4.69, 9.17) is 16.4 Å². The van der Waals surface area contributed by atoms with Crippen molar-refractivity contribution in [3.05, 3.63) is 53.7 Å². The Morgan fingerprint density at radius 3 is 2.25 bits per heavy atom. The molecule has 0 aliphatic carbocycles. The van der Waals surface area contributed by atoms with Crippen molar-refractivity contribution >= 4 is 28.7 Å². The monoisotopic (exact) mass is 457 g/mol. The van der Waals surface area contributed by atoms with Gasteiger partial charge in [-0.1, -0.05) is 81.2 Å². The summed E-state index contributed by atoms with van der Waals surface area (Å²) in [7, 11) is 0. The van der Waals surface area contributed by atoms with Gasteiger partial charge in [0.15, 0.2) is 10.8 Å². The molecule has 2 heterocycles. The first kappa shape index (κ1) is 24.1. The fraction of sp³-hybridized carbons (Fsp3) is 0.500. The number of carbonyl (C=O) groups excluding carboxylic acids is 1. The van der Waals surface area contributed by atoms with Crippen LogP contribution in [0.1, 0.15) is 74.6 Å². The van der Waals surface area contributed by atoms with E-state index >= 15 is 0 Å². The maximum absolute atomic E-state index is 11.8. The smallest absolute Gasteiger partial charge is 0.274 e. The van der Waals surface area contributed by atoms with Crippen molar-refractivity contribution in [1.29, 1.82) is 0 Å². The van der Waals surface area contributed by atoms with Crippen molar-refractivity contribution in [2.45, 2.75) is 70.8 Å². The molecule has 0 bridgehead atoms. The first-order valence-electron chi connectivity index (χ1n) is 11.5. The molecule has 3 aromatic rings. The quantitative estimate of drug-likeness (QED) is 0.179. The number of halogens is 1. The summed E-state index contributed by atoms with van der Waals surface area (Å²) in [5.41, 5.74) is 4.60. The van der Waals surface area contributed by atoms with Crippen molar-refractivity contribution in [3.63, 3.8) is 0 Å². The largest absolute Gasteiger partial charge is 0.315 e. The van der Waals surface area contributed by atoms with Gasteiger partial charge in [-0.05, 0) is 25.0 Å². The van der Waals surface area contributed by atoms with Crippen molar-refractivity contribution in [2.75, 3.05) is 6.61 Å². The Balaban J connectivity index is 1.10. The number of aryl methyl sites for hydroxylation is 1. The standard InChI is InChI=1S/C24H32ClN5O2/c25-22-21-23(27-18-26-22)30(19-28-21)16-12-7-5-3-1-2-4-6-8-13-17-32-29-24(31)20-14-10-9-11-15-20/h9-11,14-15,18-19H,1-8,12-13,16-17H2,(H,29,31). The van der Waals surface area contributed by atoms with E-state index in [2.05, 4.69) is 25.0 Å². The maximum Gasteiger partial charge on any atom is 0.274 e. The van der Waals surface area contributed by atoms with E-state index in [9.17, 15) is 4.79 Å². The molecule has 0 aliphatic heterocycles.